The summed E-state index contributed by atoms with van der Waals surface area (Å²) in [5.41, 5.74) is 3.99. The lowest BCUT2D eigenvalue weighted by Crippen LogP contribution is -2.24. The molecule has 26 heavy (non-hydrogen) atoms. The standard InChI is InChI=1S/C19H26N6O/c1-4-6-7-8-10-21-19(26)16-12-18-20-11-9-17(25(18)23-16)15-13-22-24(5-2)14(15)3/h9,11-13H,4-8,10H2,1-3H3,(H,21,26). The fourth-order valence-corrected chi connectivity index (χ4v) is 3.07. The fraction of sp³-hybridized carbons (Fsp3) is 0.474. The highest BCUT2D eigenvalue weighted by molar-refractivity contribution is 5.93. The summed E-state index contributed by atoms with van der Waals surface area (Å²) in [6.07, 6.45) is 8.08. The highest BCUT2D eigenvalue weighted by atomic mass is 16.1. The van der Waals surface area contributed by atoms with Crippen molar-refractivity contribution in [3.05, 3.63) is 35.9 Å². The number of rotatable bonds is 8. The van der Waals surface area contributed by atoms with Gasteiger partial charge in [0.05, 0.1) is 11.9 Å². The van der Waals surface area contributed by atoms with E-state index in [4.69, 9.17) is 0 Å². The quantitative estimate of drug-likeness (QED) is 0.630. The van der Waals surface area contributed by atoms with Crippen LogP contribution in [0.4, 0.5) is 0 Å². The van der Waals surface area contributed by atoms with Crippen LogP contribution in [0, 0.1) is 6.92 Å². The average Bonchev–Trinajstić information content (AvgIpc) is 3.24. The van der Waals surface area contributed by atoms with Crippen molar-refractivity contribution in [2.45, 2.75) is 53.0 Å². The van der Waals surface area contributed by atoms with Gasteiger partial charge in [0, 0.05) is 36.6 Å². The maximum absolute atomic E-state index is 12.4. The van der Waals surface area contributed by atoms with E-state index in [0.717, 1.165) is 36.3 Å². The summed E-state index contributed by atoms with van der Waals surface area (Å²) >= 11 is 0. The van der Waals surface area contributed by atoms with Crippen molar-refractivity contribution >= 4 is 11.6 Å². The molecule has 1 amide bonds. The van der Waals surface area contributed by atoms with Crippen molar-refractivity contribution in [3.63, 3.8) is 0 Å². The topological polar surface area (TPSA) is 77.1 Å². The van der Waals surface area contributed by atoms with Gasteiger partial charge in [-0.1, -0.05) is 26.2 Å². The van der Waals surface area contributed by atoms with Gasteiger partial charge in [0.1, 0.15) is 0 Å². The number of fused-ring (bicyclic) bond motifs is 1. The Kier molecular flexibility index (Phi) is 5.65. The van der Waals surface area contributed by atoms with Crippen LogP contribution in [0.3, 0.4) is 0 Å². The number of hydrogen-bond donors (Lipinski definition) is 1. The van der Waals surface area contributed by atoms with Crippen LogP contribution in [-0.2, 0) is 6.54 Å². The molecule has 3 aromatic heterocycles. The van der Waals surface area contributed by atoms with E-state index < -0.39 is 0 Å². The zero-order valence-electron chi connectivity index (χ0n) is 15.7. The normalized spacial score (nSPS) is 11.2. The molecular formula is C19H26N6O. The Morgan fingerprint density at radius 3 is 2.81 bits per heavy atom. The van der Waals surface area contributed by atoms with E-state index in [9.17, 15) is 4.79 Å². The van der Waals surface area contributed by atoms with Crippen molar-refractivity contribution in [1.29, 1.82) is 0 Å². The fourth-order valence-electron chi connectivity index (χ4n) is 3.07. The lowest BCUT2D eigenvalue weighted by atomic mass is 10.2. The third kappa shape index (κ3) is 3.61. The van der Waals surface area contributed by atoms with Crippen molar-refractivity contribution < 1.29 is 4.79 Å². The first-order valence-corrected chi connectivity index (χ1v) is 9.31. The third-order valence-corrected chi connectivity index (χ3v) is 4.59. The molecule has 0 aliphatic carbocycles. The van der Waals surface area contributed by atoms with Crippen LogP contribution in [0.5, 0.6) is 0 Å². The number of aromatic nitrogens is 5. The molecule has 0 unspecified atom stereocenters. The minimum atomic E-state index is -0.154. The summed E-state index contributed by atoms with van der Waals surface area (Å²) in [4.78, 5) is 16.7. The summed E-state index contributed by atoms with van der Waals surface area (Å²) in [7, 11) is 0. The molecule has 3 aromatic rings. The summed E-state index contributed by atoms with van der Waals surface area (Å²) in [5.74, 6) is -0.154. The number of hydrogen-bond acceptors (Lipinski definition) is 4. The Bertz CT molecular complexity index is 895. The van der Waals surface area contributed by atoms with E-state index in [2.05, 4.69) is 34.3 Å². The van der Waals surface area contributed by atoms with Crippen molar-refractivity contribution in [2.75, 3.05) is 6.54 Å². The first-order valence-electron chi connectivity index (χ1n) is 9.31. The van der Waals surface area contributed by atoms with Gasteiger partial charge in [0.2, 0.25) is 0 Å². The SMILES string of the molecule is CCCCCCNC(=O)c1cc2nccc(-c3cnn(CC)c3C)n2n1. The summed E-state index contributed by atoms with van der Waals surface area (Å²) in [6, 6.07) is 3.63. The molecule has 0 saturated heterocycles. The third-order valence-electron chi connectivity index (χ3n) is 4.59. The van der Waals surface area contributed by atoms with Gasteiger partial charge >= 0.3 is 0 Å². The zero-order chi connectivity index (χ0) is 18.5. The largest absolute Gasteiger partial charge is 0.351 e. The molecule has 0 aromatic carbocycles. The molecule has 7 nitrogen and oxygen atoms in total. The second-order valence-electron chi connectivity index (χ2n) is 6.41. The maximum atomic E-state index is 12.4. The first-order chi connectivity index (χ1) is 12.7. The molecule has 0 aliphatic rings. The predicted molar refractivity (Wildman–Crippen MR) is 101 cm³/mol. The highest BCUT2D eigenvalue weighted by Gasteiger charge is 2.16. The lowest BCUT2D eigenvalue weighted by Gasteiger charge is -2.05. The van der Waals surface area contributed by atoms with Crippen LogP contribution in [0.25, 0.3) is 16.9 Å². The molecule has 0 aliphatic heterocycles. The highest BCUT2D eigenvalue weighted by Crippen LogP contribution is 2.23. The average molecular weight is 354 g/mol. The van der Waals surface area contributed by atoms with Crippen LogP contribution >= 0.6 is 0 Å². The van der Waals surface area contributed by atoms with Crippen LogP contribution in [-0.4, -0.2) is 36.8 Å². The molecule has 0 saturated carbocycles. The van der Waals surface area contributed by atoms with Gasteiger partial charge in [0.15, 0.2) is 11.3 Å². The van der Waals surface area contributed by atoms with Crippen molar-refractivity contribution in [3.8, 4) is 11.3 Å². The first kappa shape index (κ1) is 18.1. The van der Waals surface area contributed by atoms with Gasteiger partial charge in [-0.2, -0.15) is 10.2 Å². The van der Waals surface area contributed by atoms with Gasteiger partial charge in [-0.3, -0.25) is 9.48 Å². The predicted octanol–water partition coefficient (Wildman–Crippen LogP) is 3.23. The second kappa shape index (κ2) is 8.12. The van der Waals surface area contributed by atoms with E-state index in [1.54, 1.807) is 16.8 Å². The molecule has 1 N–H and O–H groups in total. The summed E-state index contributed by atoms with van der Waals surface area (Å²) < 4.78 is 3.66. The van der Waals surface area contributed by atoms with Gasteiger partial charge in [-0.25, -0.2) is 9.50 Å². The molecule has 0 fully saturated rings. The number of carbonyl (C=O) groups excluding carboxylic acids is 1. The number of unbranched alkanes of at least 4 members (excludes halogenated alkanes) is 3. The van der Waals surface area contributed by atoms with Crippen LogP contribution in [0.2, 0.25) is 0 Å². The molecule has 7 heteroatoms. The monoisotopic (exact) mass is 354 g/mol. The molecule has 138 valence electrons. The molecule has 0 radical (unpaired) electrons. The molecule has 3 heterocycles. The van der Waals surface area contributed by atoms with E-state index in [-0.39, 0.29) is 5.91 Å². The van der Waals surface area contributed by atoms with E-state index in [1.165, 1.54) is 12.8 Å². The number of aryl methyl sites for hydroxylation is 1. The van der Waals surface area contributed by atoms with E-state index in [0.29, 0.717) is 17.9 Å². The Balaban J connectivity index is 1.83. The lowest BCUT2D eigenvalue weighted by molar-refractivity contribution is 0.0947. The van der Waals surface area contributed by atoms with Crippen molar-refractivity contribution in [1.82, 2.24) is 29.7 Å². The molecule has 0 spiro atoms. The number of nitrogens with zero attached hydrogens (tertiary/aromatic N) is 5. The minimum absolute atomic E-state index is 0.154. The van der Waals surface area contributed by atoms with Gasteiger partial charge in [-0.05, 0) is 26.3 Å². The molecule has 3 rings (SSSR count). The zero-order valence-corrected chi connectivity index (χ0v) is 15.7. The van der Waals surface area contributed by atoms with Gasteiger partial charge < -0.3 is 5.32 Å². The molecule has 0 atom stereocenters. The van der Waals surface area contributed by atoms with Crippen LogP contribution < -0.4 is 5.32 Å². The Hall–Kier alpha value is -2.70. The van der Waals surface area contributed by atoms with E-state index >= 15 is 0 Å². The maximum Gasteiger partial charge on any atom is 0.271 e. The summed E-state index contributed by atoms with van der Waals surface area (Å²) in [5, 5.41) is 11.8. The smallest absolute Gasteiger partial charge is 0.271 e. The Morgan fingerprint density at radius 2 is 2.08 bits per heavy atom. The Labute approximate surface area is 153 Å². The number of amides is 1. The van der Waals surface area contributed by atoms with Crippen LogP contribution in [0.1, 0.15) is 55.7 Å². The van der Waals surface area contributed by atoms with Crippen LogP contribution in [0.15, 0.2) is 24.5 Å². The minimum Gasteiger partial charge on any atom is -0.351 e. The second-order valence-corrected chi connectivity index (χ2v) is 6.41. The van der Waals surface area contributed by atoms with Gasteiger partial charge in [-0.15, -0.1) is 0 Å². The number of carbonyl (C=O) groups is 1. The van der Waals surface area contributed by atoms with Crippen molar-refractivity contribution in [2.24, 2.45) is 0 Å². The molecular weight excluding hydrogens is 328 g/mol. The van der Waals surface area contributed by atoms with Gasteiger partial charge in [0.25, 0.3) is 5.91 Å². The summed E-state index contributed by atoms with van der Waals surface area (Å²) in [6.45, 7) is 7.75. The number of nitrogens with one attached hydrogen (secondary N) is 1. The van der Waals surface area contributed by atoms with E-state index in [1.807, 2.05) is 23.9 Å². The molecule has 0 bridgehead atoms. The Morgan fingerprint density at radius 1 is 1.23 bits per heavy atom.